The average molecular weight is 253 g/mol. The highest BCUT2D eigenvalue weighted by molar-refractivity contribution is 5.41. The van der Waals surface area contributed by atoms with Gasteiger partial charge in [-0.1, -0.05) is 6.07 Å². The maximum Gasteiger partial charge on any atom is 0.235 e. The molecule has 0 aromatic heterocycles. The molecule has 2 rings (SSSR count). The lowest BCUT2D eigenvalue weighted by atomic mass is 9.72. The molecule has 0 atom stereocenters. The van der Waals surface area contributed by atoms with Crippen LogP contribution in [0, 0.1) is 11.6 Å². The smallest absolute Gasteiger partial charge is 0.235 e. The third-order valence-corrected chi connectivity index (χ3v) is 3.42. The molecule has 0 N–H and O–H groups in total. The third-order valence-electron chi connectivity index (χ3n) is 3.42. The van der Waals surface area contributed by atoms with Gasteiger partial charge in [0.25, 0.3) is 0 Å². The van der Waals surface area contributed by atoms with Crippen LogP contribution in [0.2, 0.25) is 0 Å². The number of benzene rings is 1. The molecule has 96 valence electrons. The highest BCUT2D eigenvalue weighted by atomic mass is 19.1. The van der Waals surface area contributed by atoms with Gasteiger partial charge in [-0.3, -0.25) is 0 Å². The van der Waals surface area contributed by atoms with Crippen LogP contribution in [-0.2, 0) is 21.7 Å². The zero-order valence-corrected chi connectivity index (χ0v) is 10.0. The van der Waals surface area contributed by atoms with Crippen LogP contribution in [0.25, 0.3) is 0 Å². The van der Waals surface area contributed by atoms with Crippen molar-refractivity contribution in [2.75, 3.05) is 7.11 Å². The standard InChI is InChI=1S/C13H13F2NO2/c1-18-7-9-11(14)4-3-10(12(9)15)13(16-8-17)5-2-6-13/h3-4H,2,5-7H2,1H3. The van der Waals surface area contributed by atoms with Crippen LogP contribution < -0.4 is 0 Å². The first kappa shape index (κ1) is 12.9. The van der Waals surface area contributed by atoms with Crippen molar-refractivity contribution in [3.05, 3.63) is 34.9 Å². The summed E-state index contributed by atoms with van der Waals surface area (Å²) >= 11 is 0. The van der Waals surface area contributed by atoms with Gasteiger partial charge in [-0.2, -0.15) is 4.99 Å². The van der Waals surface area contributed by atoms with Crippen LogP contribution in [0.15, 0.2) is 17.1 Å². The van der Waals surface area contributed by atoms with Crippen molar-refractivity contribution in [3.63, 3.8) is 0 Å². The number of rotatable bonds is 4. The molecule has 0 bridgehead atoms. The molecule has 1 aromatic rings. The fraction of sp³-hybridized carbons (Fsp3) is 0.462. The summed E-state index contributed by atoms with van der Waals surface area (Å²) in [4.78, 5) is 14.2. The van der Waals surface area contributed by atoms with Crippen molar-refractivity contribution < 1.29 is 18.3 Å². The van der Waals surface area contributed by atoms with Crippen molar-refractivity contribution in [2.45, 2.75) is 31.4 Å². The van der Waals surface area contributed by atoms with E-state index in [9.17, 15) is 13.6 Å². The Kier molecular flexibility index (Phi) is 3.55. The van der Waals surface area contributed by atoms with Gasteiger partial charge in [0, 0.05) is 18.2 Å². The predicted molar refractivity (Wildman–Crippen MR) is 60.7 cm³/mol. The number of aliphatic imine (C=N–C) groups is 1. The molecule has 5 heteroatoms. The molecule has 1 aliphatic carbocycles. The number of halogens is 2. The van der Waals surface area contributed by atoms with Crippen LogP contribution in [0.4, 0.5) is 8.78 Å². The molecule has 0 spiro atoms. The van der Waals surface area contributed by atoms with Crippen molar-refractivity contribution >= 4 is 6.08 Å². The van der Waals surface area contributed by atoms with Gasteiger partial charge in [-0.05, 0) is 25.3 Å². The lowest BCUT2D eigenvalue weighted by Gasteiger charge is -2.37. The Labute approximate surface area is 103 Å². The third kappa shape index (κ3) is 1.96. The van der Waals surface area contributed by atoms with Crippen LogP contribution in [0.5, 0.6) is 0 Å². The van der Waals surface area contributed by atoms with Crippen molar-refractivity contribution in [1.82, 2.24) is 0 Å². The fourth-order valence-electron chi connectivity index (χ4n) is 2.27. The van der Waals surface area contributed by atoms with E-state index in [1.165, 1.54) is 25.3 Å². The van der Waals surface area contributed by atoms with E-state index in [2.05, 4.69) is 4.99 Å². The highest BCUT2D eigenvalue weighted by Gasteiger charge is 2.41. The van der Waals surface area contributed by atoms with E-state index in [0.717, 1.165) is 6.42 Å². The SMILES string of the molecule is COCc1c(F)ccc(C2(N=C=O)CCC2)c1F. The maximum atomic E-state index is 14.3. The maximum absolute atomic E-state index is 14.3. The van der Waals surface area contributed by atoms with Crippen molar-refractivity contribution in [2.24, 2.45) is 4.99 Å². The summed E-state index contributed by atoms with van der Waals surface area (Å²) in [6, 6.07) is 2.54. The van der Waals surface area contributed by atoms with Crippen LogP contribution in [0.3, 0.4) is 0 Å². The summed E-state index contributed by atoms with van der Waals surface area (Å²) in [5.41, 5.74) is -0.727. The zero-order chi connectivity index (χ0) is 13.2. The number of nitrogens with zero attached hydrogens (tertiary/aromatic N) is 1. The molecule has 0 radical (unpaired) electrons. The monoisotopic (exact) mass is 253 g/mol. The van der Waals surface area contributed by atoms with Gasteiger partial charge in [0.05, 0.1) is 6.61 Å². The average Bonchev–Trinajstić information content (AvgIpc) is 2.30. The summed E-state index contributed by atoms with van der Waals surface area (Å²) in [5, 5.41) is 0. The molecule has 0 amide bonds. The first-order valence-electron chi connectivity index (χ1n) is 5.70. The Morgan fingerprint density at radius 2 is 2.17 bits per heavy atom. The molecule has 0 aliphatic heterocycles. The van der Waals surface area contributed by atoms with Crippen LogP contribution in [-0.4, -0.2) is 13.2 Å². The summed E-state index contributed by atoms with van der Waals surface area (Å²) in [5.74, 6) is -1.32. The van der Waals surface area contributed by atoms with Gasteiger partial charge >= 0.3 is 0 Å². The predicted octanol–water partition coefficient (Wildman–Crippen LogP) is 2.83. The summed E-state index contributed by atoms with van der Waals surface area (Å²) in [6.07, 6.45) is 3.51. The molecular formula is C13H13F2NO2. The van der Waals surface area contributed by atoms with Crippen molar-refractivity contribution in [1.29, 1.82) is 0 Å². The molecular weight excluding hydrogens is 240 g/mol. The van der Waals surface area contributed by atoms with Gasteiger partial charge < -0.3 is 4.74 Å². The normalized spacial score (nSPS) is 16.8. The number of hydrogen-bond acceptors (Lipinski definition) is 3. The molecule has 1 fully saturated rings. The molecule has 0 unspecified atom stereocenters. The van der Waals surface area contributed by atoms with Gasteiger partial charge in [-0.25, -0.2) is 13.6 Å². The first-order chi connectivity index (χ1) is 8.64. The summed E-state index contributed by atoms with van der Waals surface area (Å²) < 4.78 is 32.5. The minimum absolute atomic E-state index is 0.123. The highest BCUT2D eigenvalue weighted by Crippen LogP contribution is 2.46. The molecule has 1 aliphatic rings. The van der Waals surface area contributed by atoms with Gasteiger partial charge in [0.15, 0.2) is 0 Å². The number of carbonyl (C=O) groups excluding carboxylic acids is 1. The minimum atomic E-state index is -0.859. The molecule has 1 aromatic carbocycles. The Morgan fingerprint density at radius 3 is 2.67 bits per heavy atom. The van der Waals surface area contributed by atoms with E-state index in [-0.39, 0.29) is 17.7 Å². The molecule has 0 heterocycles. The van der Waals surface area contributed by atoms with Crippen molar-refractivity contribution in [3.8, 4) is 0 Å². The number of isocyanates is 1. The number of ether oxygens (including phenoxy) is 1. The first-order valence-corrected chi connectivity index (χ1v) is 5.70. The van der Waals surface area contributed by atoms with E-state index in [1.54, 1.807) is 0 Å². The van der Waals surface area contributed by atoms with Crippen LogP contribution >= 0.6 is 0 Å². The quantitative estimate of drug-likeness (QED) is 0.611. The van der Waals surface area contributed by atoms with E-state index in [0.29, 0.717) is 12.8 Å². The minimum Gasteiger partial charge on any atom is -0.380 e. The lowest BCUT2D eigenvalue weighted by molar-refractivity contribution is 0.175. The zero-order valence-electron chi connectivity index (χ0n) is 10.0. The van der Waals surface area contributed by atoms with Crippen LogP contribution in [0.1, 0.15) is 30.4 Å². The second kappa shape index (κ2) is 4.96. The second-order valence-electron chi connectivity index (χ2n) is 4.41. The summed E-state index contributed by atoms with van der Waals surface area (Å²) in [6.45, 7) is -0.146. The van der Waals surface area contributed by atoms with Gasteiger partial charge in [0.1, 0.15) is 17.2 Å². The van der Waals surface area contributed by atoms with E-state index >= 15 is 0 Å². The molecule has 0 saturated heterocycles. The Morgan fingerprint density at radius 1 is 1.44 bits per heavy atom. The summed E-state index contributed by atoms with van der Waals surface area (Å²) in [7, 11) is 1.37. The largest absolute Gasteiger partial charge is 0.380 e. The molecule has 1 saturated carbocycles. The lowest BCUT2D eigenvalue weighted by Crippen LogP contribution is -2.33. The Hall–Kier alpha value is -1.58. The molecule has 3 nitrogen and oxygen atoms in total. The van der Waals surface area contributed by atoms with Gasteiger partial charge in [0.2, 0.25) is 6.08 Å². The Balaban J connectivity index is 2.51. The fourth-order valence-corrected chi connectivity index (χ4v) is 2.27. The number of hydrogen-bond donors (Lipinski definition) is 0. The number of methoxy groups -OCH3 is 1. The van der Waals surface area contributed by atoms with E-state index in [4.69, 9.17) is 4.74 Å². The second-order valence-corrected chi connectivity index (χ2v) is 4.41. The Bertz CT molecular complexity index is 506. The van der Waals surface area contributed by atoms with E-state index < -0.39 is 17.2 Å². The molecule has 18 heavy (non-hydrogen) atoms. The van der Waals surface area contributed by atoms with E-state index in [1.807, 2.05) is 0 Å². The van der Waals surface area contributed by atoms with Gasteiger partial charge in [-0.15, -0.1) is 0 Å². The topological polar surface area (TPSA) is 38.7 Å².